The monoisotopic (exact) mass is 258 g/mol. The van der Waals surface area contributed by atoms with Gasteiger partial charge in [0.05, 0.1) is 12.7 Å². The fourth-order valence-corrected chi connectivity index (χ4v) is 3.32. The van der Waals surface area contributed by atoms with Gasteiger partial charge in [-0.15, -0.1) is 6.58 Å². The zero-order valence-corrected chi connectivity index (χ0v) is 11.4. The van der Waals surface area contributed by atoms with Crippen molar-refractivity contribution in [1.82, 2.24) is 0 Å². The minimum Gasteiger partial charge on any atom is -0.350 e. The first-order valence-corrected chi connectivity index (χ1v) is 7.31. The van der Waals surface area contributed by atoms with E-state index in [9.17, 15) is 0 Å². The number of rotatable bonds is 2. The minimum atomic E-state index is -0.365. The van der Waals surface area contributed by atoms with E-state index in [1.807, 2.05) is 6.08 Å². The zero-order chi connectivity index (χ0) is 13.1. The summed E-state index contributed by atoms with van der Waals surface area (Å²) in [7, 11) is 0. The summed E-state index contributed by atoms with van der Waals surface area (Å²) in [6.45, 7) is 4.73. The van der Waals surface area contributed by atoms with E-state index in [-0.39, 0.29) is 11.9 Å². The Morgan fingerprint density at radius 3 is 2.74 bits per heavy atom. The van der Waals surface area contributed by atoms with E-state index in [1.165, 1.54) is 12.0 Å². The molecule has 3 atom stereocenters. The van der Waals surface area contributed by atoms with E-state index in [4.69, 9.17) is 9.47 Å². The van der Waals surface area contributed by atoms with Crippen LogP contribution in [0.3, 0.4) is 0 Å². The predicted molar refractivity (Wildman–Crippen MR) is 76.0 cm³/mol. The van der Waals surface area contributed by atoms with Crippen LogP contribution in [-0.2, 0) is 9.47 Å². The molecule has 1 aromatic rings. The van der Waals surface area contributed by atoms with Gasteiger partial charge in [-0.05, 0) is 30.7 Å². The van der Waals surface area contributed by atoms with Crippen molar-refractivity contribution in [2.45, 2.75) is 49.9 Å². The lowest BCUT2D eigenvalue weighted by Gasteiger charge is -2.45. The van der Waals surface area contributed by atoms with E-state index in [0.29, 0.717) is 5.92 Å². The molecule has 2 heterocycles. The van der Waals surface area contributed by atoms with Crippen LogP contribution in [0.25, 0.3) is 0 Å². The molecule has 0 aliphatic carbocycles. The molecule has 2 aliphatic rings. The molecule has 2 nitrogen and oxygen atoms in total. The molecule has 2 fully saturated rings. The van der Waals surface area contributed by atoms with E-state index in [0.717, 1.165) is 32.3 Å². The van der Waals surface area contributed by atoms with Crippen molar-refractivity contribution >= 4 is 0 Å². The van der Waals surface area contributed by atoms with Gasteiger partial charge in [0, 0.05) is 12.8 Å². The third-order valence-electron chi connectivity index (χ3n) is 4.29. The van der Waals surface area contributed by atoms with Crippen LogP contribution in [0.15, 0.2) is 43.0 Å². The van der Waals surface area contributed by atoms with Crippen molar-refractivity contribution in [1.29, 1.82) is 0 Å². The first kappa shape index (κ1) is 12.9. The summed E-state index contributed by atoms with van der Waals surface area (Å²) in [6, 6.07) is 10.7. The third-order valence-corrected chi connectivity index (χ3v) is 4.29. The second-order valence-electron chi connectivity index (χ2n) is 5.66. The summed E-state index contributed by atoms with van der Waals surface area (Å²) in [5, 5.41) is 0. The second kappa shape index (κ2) is 5.48. The quantitative estimate of drug-likeness (QED) is 0.746. The molecule has 0 aromatic heterocycles. The van der Waals surface area contributed by atoms with Gasteiger partial charge in [0.1, 0.15) is 0 Å². The van der Waals surface area contributed by atoms with E-state index in [1.54, 1.807) is 0 Å². The van der Waals surface area contributed by atoms with E-state index >= 15 is 0 Å². The van der Waals surface area contributed by atoms with Crippen LogP contribution in [0.4, 0.5) is 0 Å². The third kappa shape index (κ3) is 2.75. The second-order valence-corrected chi connectivity index (χ2v) is 5.66. The lowest BCUT2D eigenvalue weighted by Crippen LogP contribution is -2.47. The summed E-state index contributed by atoms with van der Waals surface area (Å²) < 4.78 is 12.2. The Morgan fingerprint density at radius 1 is 1.21 bits per heavy atom. The van der Waals surface area contributed by atoms with Gasteiger partial charge in [-0.1, -0.05) is 36.4 Å². The summed E-state index contributed by atoms with van der Waals surface area (Å²) in [5.41, 5.74) is 1.39. The van der Waals surface area contributed by atoms with Gasteiger partial charge in [0.15, 0.2) is 5.79 Å². The lowest BCUT2D eigenvalue weighted by atomic mass is 9.82. The molecule has 19 heavy (non-hydrogen) atoms. The molecular formula is C17H22O2. The number of ether oxygens (including phenoxy) is 2. The van der Waals surface area contributed by atoms with Crippen molar-refractivity contribution in [2.75, 3.05) is 6.61 Å². The number of benzene rings is 1. The largest absolute Gasteiger partial charge is 0.350 e. The average molecular weight is 258 g/mol. The molecule has 2 saturated heterocycles. The fourth-order valence-electron chi connectivity index (χ4n) is 3.32. The van der Waals surface area contributed by atoms with Crippen LogP contribution in [0.2, 0.25) is 0 Å². The Balaban J connectivity index is 1.83. The van der Waals surface area contributed by atoms with Crippen LogP contribution in [0, 0.1) is 0 Å². The smallest absolute Gasteiger partial charge is 0.169 e. The van der Waals surface area contributed by atoms with Crippen LogP contribution in [0.1, 0.15) is 43.6 Å². The van der Waals surface area contributed by atoms with E-state index in [2.05, 4.69) is 36.9 Å². The molecular weight excluding hydrogens is 236 g/mol. The molecule has 0 amide bonds. The molecule has 102 valence electrons. The van der Waals surface area contributed by atoms with Gasteiger partial charge >= 0.3 is 0 Å². The van der Waals surface area contributed by atoms with Gasteiger partial charge in [-0.3, -0.25) is 0 Å². The fraction of sp³-hybridized carbons (Fsp3) is 0.529. The molecule has 0 N–H and O–H groups in total. The summed E-state index contributed by atoms with van der Waals surface area (Å²) in [4.78, 5) is 0. The molecule has 1 spiro atoms. The summed E-state index contributed by atoms with van der Waals surface area (Å²) in [5.74, 6) is 0.145. The maximum absolute atomic E-state index is 6.18. The van der Waals surface area contributed by atoms with Gasteiger partial charge < -0.3 is 9.47 Å². The molecule has 0 saturated carbocycles. The molecule has 2 heteroatoms. The number of hydrogen-bond donors (Lipinski definition) is 0. The highest BCUT2D eigenvalue weighted by Gasteiger charge is 2.43. The number of hydrogen-bond acceptors (Lipinski definition) is 2. The molecule has 0 unspecified atom stereocenters. The SMILES string of the molecule is C=C[C@@H]1C[C@H](c2ccccc2)C[C@]2(CCCCO2)O1. The predicted octanol–water partition coefficient (Wildman–Crippen LogP) is 4.03. The Labute approximate surface area is 115 Å². The Morgan fingerprint density at radius 2 is 2.05 bits per heavy atom. The maximum atomic E-state index is 6.18. The van der Waals surface area contributed by atoms with Crippen molar-refractivity contribution < 1.29 is 9.47 Å². The average Bonchev–Trinajstić information content (AvgIpc) is 2.48. The maximum Gasteiger partial charge on any atom is 0.169 e. The van der Waals surface area contributed by atoms with Crippen LogP contribution < -0.4 is 0 Å². The van der Waals surface area contributed by atoms with Crippen LogP contribution in [0.5, 0.6) is 0 Å². The van der Waals surface area contributed by atoms with Gasteiger partial charge in [0.2, 0.25) is 0 Å². The topological polar surface area (TPSA) is 18.5 Å². The highest BCUT2D eigenvalue weighted by molar-refractivity contribution is 5.21. The summed E-state index contributed by atoms with van der Waals surface area (Å²) in [6.07, 6.45) is 7.39. The first-order chi connectivity index (χ1) is 9.31. The van der Waals surface area contributed by atoms with Gasteiger partial charge in [-0.25, -0.2) is 0 Å². The van der Waals surface area contributed by atoms with Crippen molar-refractivity contribution in [3.63, 3.8) is 0 Å². The highest BCUT2D eigenvalue weighted by atomic mass is 16.7. The first-order valence-electron chi connectivity index (χ1n) is 7.31. The molecule has 1 aromatic carbocycles. The van der Waals surface area contributed by atoms with Crippen LogP contribution in [-0.4, -0.2) is 18.5 Å². The van der Waals surface area contributed by atoms with Crippen molar-refractivity contribution in [3.8, 4) is 0 Å². The lowest BCUT2D eigenvalue weighted by molar-refractivity contribution is -0.290. The standard InChI is InChI=1S/C17H22O2/c1-2-16-12-15(14-8-4-3-5-9-14)13-17(19-16)10-6-7-11-18-17/h2-5,8-9,15-16H,1,6-7,10-13H2/t15-,16+,17-/m0/s1. The van der Waals surface area contributed by atoms with Crippen molar-refractivity contribution in [3.05, 3.63) is 48.6 Å². The zero-order valence-electron chi connectivity index (χ0n) is 11.4. The normalized spacial score (nSPS) is 35.2. The Bertz CT molecular complexity index is 420. The van der Waals surface area contributed by atoms with E-state index < -0.39 is 0 Å². The van der Waals surface area contributed by atoms with Crippen molar-refractivity contribution in [2.24, 2.45) is 0 Å². The molecule has 3 rings (SSSR count). The molecule has 0 radical (unpaired) electrons. The Hall–Kier alpha value is -1.12. The highest BCUT2D eigenvalue weighted by Crippen LogP contribution is 2.43. The minimum absolute atomic E-state index is 0.108. The summed E-state index contributed by atoms with van der Waals surface area (Å²) >= 11 is 0. The molecule has 2 aliphatic heterocycles. The molecule has 0 bridgehead atoms. The Kier molecular flexibility index (Phi) is 3.72. The van der Waals surface area contributed by atoms with Gasteiger partial charge in [0.25, 0.3) is 0 Å². The van der Waals surface area contributed by atoms with Crippen LogP contribution >= 0.6 is 0 Å². The van der Waals surface area contributed by atoms with Gasteiger partial charge in [-0.2, -0.15) is 0 Å².